The van der Waals surface area contributed by atoms with Crippen molar-refractivity contribution < 1.29 is 4.79 Å². The number of carbonyl (C=O) groups excluding carboxylic acids is 1. The molecule has 0 aromatic carbocycles. The third-order valence-corrected chi connectivity index (χ3v) is 4.90. The SMILES string of the molecule is Cc1cccn(CC(=O)N[C@H]2CCN(c3cc(=O)n(C)c(=O)n3C)C2)c1=O. The largest absolute Gasteiger partial charge is 0.356 e. The predicted molar refractivity (Wildman–Crippen MR) is 101 cm³/mol. The first-order valence-corrected chi connectivity index (χ1v) is 8.75. The van der Waals surface area contributed by atoms with E-state index in [0.717, 1.165) is 4.57 Å². The number of hydrogen-bond acceptors (Lipinski definition) is 5. The van der Waals surface area contributed by atoms with Gasteiger partial charge >= 0.3 is 5.69 Å². The highest BCUT2D eigenvalue weighted by atomic mass is 16.2. The third kappa shape index (κ3) is 3.71. The van der Waals surface area contributed by atoms with Gasteiger partial charge in [-0.1, -0.05) is 6.07 Å². The van der Waals surface area contributed by atoms with E-state index in [-0.39, 0.29) is 35.3 Å². The number of aromatic nitrogens is 3. The van der Waals surface area contributed by atoms with Gasteiger partial charge in [0.15, 0.2) is 0 Å². The Hall–Kier alpha value is -3.10. The maximum absolute atomic E-state index is 12.3. The summed E-state index contributed by atoms with van der Waals surface area (Å²) in [4.78, 5) is 50.2. The highest BCUT2D eigenvalue weighted by Crippen LogP contribution is 2.17. The number of carbonyl (C=O) groups is 1. The number of rotatable bonds is 4. The fraction of sp³-hybridized carbons (Fsp3) is 0.444. The summed E-state index contributed by atoms with van der Waals surface area (Å²) in [5, 5.41) is 2.92. The second-order valence-electron chi connectivity index (χ2n) is 6.86. The van der Waals surface area contributed by atoms with Crippen LogP contribution in [0.4, 0.5) is 5.82 Å². The van der Waals surface area contributed by atoms with E-state index < -0.39 is 0 Å². The van der Waals surface area contributed by atoms with Crippen molar-refractivity contribution in [1.82, 2.24) is 19.0 Å². The molecule has 0 bridgehead atoms. The number of anilines is 1. The average Bonchev–Trinajstić information content (AvgIpc) is 3.08. The highest BCUT2D eigenvalue weighted by Gasteiger charge is 2.26. The van der Waals surface area contributed by atoms with Gasteiger partial charge in [0.05, 0.1) is 0 Å². The Morgan fingerprint density at radius 3 is 2.70 bits per heavy atom. The molecule has 1 fully saturated rings. The lowest BCUT2D eigenvalue weighted by molar-refractivity contribution is -0.122. The maximum Gasteiger partial charge on any atom is 0.332 e. The summed E-state index contributed by atoms with van der Waals surface area (Å²) in [5.74, 6) is 0.294. The van der Waals surface area contributed by atoms with E-state index in [9.17, 15) is 19.2 Å². The topological polar surface area (TPSA) is 98.3 Å². The van der Waals surface area contributed by atoms with Gasteiger partial charge in [0.2, 0.25) is 5.91 Å². The van der Waals surface area contributed by atoms with Crippen LogP contribution in [0.5, 0.6) is 0 Å². The van der Waals surface area contributed by atoms with Crippen molar-refractivity contribution in [2.45, 2.75) is 25.9 Å². The van der Waals surface area contributed by atoms with Crippen molar-refractivity contribution in [3.63, 3.8) is 0 Å². The van der Waals surface area contributed by atoms with E-state index in [1.807, 2.05) is 4.90 Å². The van der Waals surface area contributed by atoms with E-state index in [1.165, 1.54) is 22.2 Å². The second-order valence-corrected chi connectivity index (χ2v) is 6.86. The van der Waals surface area contributed by atoms with Gasteiger partial charge in [-0.2, -0.15) is 0 Å². The summed E-state index contributed by atoms with van der Waals surface area (Å²) in [6, 6.07) is 4.76. The summed E-state index contributed by atoms with van der Waals surface area (Å²) < 4.78 is 3.86. The van der Waals surface area contributed by atoms with Crippen LogP contribution in [0, 0.1) is 6.92 Å². The molecular formula is C18H23N5O4. The molecule has 3 rings (SSSR count). The van der Waals surface area contributed by atoms with Gasteiger partial charge in [0, 0.05) is 51.1 Å². The first-order valence-electron chi connectivity index (χ1n) is 8.75. The van der Waals surface area contributed by atoms with E-state index in [4.69, 9.17) is 0 Å². The highest BCUT2D eigenvalue weighted by molar-refractivity contribution is 5.76. The van der Waals surface area contributed by atoms with Crippen LogP contribution in [0.2, 0.25) is 0 Å². The van der Waals surface area contributed by atoms with Crippen LogP contribution >= 0.6 is 0 Å². The van der Waals surface area contributed by atoms with Gasteiger partial charge in [-0.15, -0.1) is 0 Å². The molecule has 9 nitrogen and oxygen atoms in total. The molecule has 0 saturated carbocycles. The van der Waals surface area contributed by atoms with Crippen molar-refractivity contribution in [3.05, 3.63) is 61.2 Å². The van der Waals surface area contributed by atoms with Crippen molar-refractivity contribution >= 4 is 11.7 Å². The molecule has 2 aromatic heterocycles. The van der Waals surface area contributed by atoms with E-state index in [2.05, 4.69) is 5.32 Å². The van der Waals surface area contributed by atoms with Gasteiger partial charge < -0.3 is 14.8 Å². The van der Waals surface area contributed by atoms with Crippen LogP contribution in [-0.4, -0.2) is 38.7 Å². The van der Waals surface area contributed by atoms with Gasteiger partial charge in [0.25, 0.3) is 11.1 Å². The Morgan fingerprint density at radius 1 is 1.22 bits per heavy atom. The Bertz CT molecular complexity index is 1050. The summed E-state index contributed by atoms with van der Waals surface area (Å²) in [6.07, 6.45) is 2.28. The number of pyridine rings is 1. The molecule has 1 N–H and O–H groups in total. The Kier molecular flexibility index (Phi) is 5.02. The van der Waals surface area contributed by atoms with Crippen molar-refractivity contribution in [1.29, 1.82) is 0 Å². The number of aryl methyl sites for hydroxylation is 1. The Morgan fingerprint density at radius 2 is 1.96 bits per heavy atom. The molecule has 2 aromatic rings. The van der Waals surface area contributed by atoms with E-state index in [0.29, 0.717) is 30.9 Å². The molecule has 0 unspecified atom stereocenters. The maximum atomic E-state index is 12.3. The van der Waals surface area contributed by atoms with Gasteiger partial charge in [0.1, 0.15) is 12.4 Å². The van der Waals surface area contributed by atoms with Gasteiger partial charge in [-0.05, 0) is 19.4 Å². The van der Waals surface area contributed by atoms with E-state index >= 15 is 0 Å². The van der Waals surface area contributed by atoms with Crippen LogP contribution in [0.25, 0.3) is 0 Å². The number of nitrogens with zero attached hydrogens (tertiary/aromatic N) is 4. The zero-order valence-corrected chi connectivity index (χ0v) is 15.6. The molecule has 0 radical (unpaired) electrons. The third-order valence-electron chi connectivity index (χ3n) is 4.90. The van der Waals surface area contributed by atoms with Gasteiger partial charge in [-0.3, -0.25) is 23.5 Å². The standard InChI is InChI=1S/C18H23N5O4/c1-12-5-4-7-23(17(12)26)11-14(24)19-13-6-8-22(10-13)15-9-16(25)21(3)18(27)20(15)2/h4-5,7,9,13H,6,8,10-11H2,1-3H3,(H,19,24)/t13-/m0/s1. The van der Waals surface area contributed by atoms with Crippen LogP contribution in [0.1, 0.15) is 12.0 Å². The van der Waals surface area contributed by atoms with Crippen LogP contribution < -0.4 is 27.0 Å². The molecule has 1 aliphatic rings. The minimum absolute atomic E-state index is 0.0403. The summed E-state index contributed by atoms with van der Waals surface area (Å²) in [7, 11) is 3.06. The lowest BCUT2D eigenvalue weighted by Crippen LogP contribution is -2.42. The normalized spacial score (nSPS) is 16.6. The molecule has 1 saturated heterocycles. The van der Waals surface area contributed by atoms with Crippen molar-refractivity contribution in [2.24, 2.45) is 14.1 Å². The molecule has 3 heterocycles. The first kappa shape index (κ1) is 18.7. The molecular weight excluding hydrogens is 350 g/mol. The van der Waals surface area contributed by atoms with Crippen LogP contribution in [0.15, 0.2) is 38.8 Å². The van der Waals surface area contributed by atoms with Crippen molar-refractivity contribution in [3.8, 4) is 0 Å². The minimum Gasteiger partial charge on any atom is -0.356 e. The monoisotopic (exact) mass is 373 g/mol. The zero-order chi connectivity index (χ0) is 19.7. The predicted octanol–water partition coefficient (Wildman–Crippen LogP) is -1.05. The fourth-order valence-corrected chi connectivity index (χ4v) is 3.32. The Labute approximate surface area is 155 Å². The van der Waals surface area contributed by atoms with Crippen LogP contribution in [-0.2, 0) is 25.4 Å². The molecule has 0 aliphatic carbocycles. The number of hydrogen-bond donors (Lipinski definition) is 1. The molecule has 144 valence electrons. The average molecular weight is 373 g/mol. The molecule has 9 heteroatoms. The lowest BCUT2D eigenvalue weighted by atomic mass is 10.2. The van der Waals surface area contributed by atoms with E-state index in [1.54, 1.807) is 32.3 Å². The first-order chi connectivity index (χ1) is 12.8. The fourth-order valence-electron chi connectivity index (χ4n) is 3.32. The molecule has 27 heavy (non-hydrogen) atoms. The zero-order valence-electron chi connectivity index (χ0n) is 15.6. The summed E-state index contributed by atoms with van der Waals surface area (Å²) in [6.45, 7) is 2.78. The lowest BCUT2D eigenvalue weighted by Gasteiger charge is -2.21. The Balaban J connectivity index is 1.68. The molecule has 1 atom stereocenters. The molecule has 0 spiro atoms. The summed E-state index contributed by atoms with van der Waals surface area (Å²) >= 11 is 0. The van der Waals surface area contributed by atoms with Crippen LogP contribution in [0.3, 0.4) is 0 Å². The second kappa shape index (κ2) is 7.26. The smallest absolute Gasteiger partial charge is 0.332 e. The number of nitrogens with one attached hydrogen (secondary N) is 1. The molecule has 1 amide bonds. The number of amides is 1. The van der Waals surface area contributed by atoms with Gasteiger partial charge in [-0.25, -0.2) is 4.79 Å². The quantitative estimate of drug-likeness (QED) is 0.737. The molecule has 1 aliphatic heterocycles. The minimum atomic E-state index is -0.385. The van der Waals surface area contributed by atoms with Crippen molar-refractivity contribution in [2.75, 3.05) is 18.0 Å². The summed E-state index contributed by atoms with van der Waals surface area (Å²) in [5.41, 5.74) is -0.344.